The van der Waals surface area contributed by atoms with Crippen molar-refractivity contribution >= 4 is 17.6 Å². The molecule has 1 heterocycles. The molecule has 1 aliphatic heterocycles. The van der Waals surface area contributed by atoms with E-state index in [0.717, 1.165) is 29.8 Å². The van der Waals surface area contributed by atoms with Crippen LogP contribution in [-0.4, -0.2) is 44.1 Å². The lowest BCUT2D eigenvalue weighted by Gasteiger charge is -2.19. The summed E-state index contributed by atoms with van der Waals surface area (Å²) in [7, 11) is 3.35. The molecule has 0 spiro atoms. The smallest absolute Gasteiger partial charge is 0.222 e. The van der Waals surface area contributed by atoms with Gasteiger partial charge in [0.05, 0.1) is 13.7 Å². The van der Waals surface area contributed by atoms with E-state index in [1.807, 2.05) is 42.2 Å². The first-order chi connectivity index (χ1) is 14.6. The highest BCUT2D eigenvalue weighted by molar-refractivity contribution is 5.93. The molecule has 0 saturated carbocycles. The number of rotatable bonds is 8. The molecule has 7 heteroatoms. The Morgan fingerprint density at radius 3 is 2.63 bits per heavy atom. The predicted octanol–water partition coefficient (Wildman–Crippen LogP) is 3.40. The third-order valence-corrected chi connectivity index (χ3v) is 5.05. The molecular weight excluding hydrogens is 380 g/mol. The Bertz CT molecular complexity index is 898. The SMILES string of the molecule is CCOc1ccc(NC(=NC)NCc2ccccc2CN2CCCC2=O)cc1OC. The van der Waals surface area contributed by atoms with Crippen molar-refractivity contribution < 1.29 is 14.3 Å². The van der Waals surface area contributed by atoms with Crippen molar-refractivity contribution in [2.45, 2.75) is 32.9 Å². The second kappa shape index (κ2) is 10.5. The Kier molecular flexibility index (Phi) is 7.54. The van der Waals surface area contributed by atoms with Crippen LogP contribution in [0, 0.1) is 0 Å². The fourth-order valence-electron chi connectivity index (χ4n) is 3.48. The molecule has 0 bridgehead atoms. The third-order valence-electron chi connectivity index (χ3n) is 5.05. The largest absolute Gasteiger partial charge is 0.493 e. The van der Waals surface area contributed by atoms with E-state index in [9.17, 15) is 4.79 Å². The summed E-state index contributed by atoms with van der Waals surface area (Å²) in [5.74, 6) is 2.25. The second-order valence-corrected chi connectivity index (χ2v) is 7.04. The molecule has 2 aromatic carbocycles. The van der Waals surface area contributed by atoms with Gasteiger partial charge < -0.3 is 25.0 Å². The van der Waals surface area contributed by atoms with Crippen molar-refractivity contribution in [2.24, 2.45) is 4.99 Å². The Morgan fingerprint density at radius 2 is 1.97 bits per heavy atom. The Morgan fingerprint density at radius 1 is 1.17 bits per heavy atom. The number of hydrogen-bond acceptors (Lipinski definition) is 4. The van der Waals surface area contributed by atoms with Crippen LogP contribution in [-0.2, 0) is 17.9 Å². The molecule has 2 N–H and O–H groups in total. The summed E-state index contributed by atoms with van der Waals surface area (Å²) in [5, 5.41) is 6.63. The number of benzene rings is 2. The lowest BCUT2D eigenvalue weighted by Crippen LogP contribution is -2.31. The minimum Gasteiger partial charge on any atom is -0.493 e. The predicted molar refractivity (Wildman–Crippen MR) is 119 cm³/mol. The van der Waals surface area contributed by atoms with Crippen LogP contribution in [0.15, 0.2) is 47.5 Å². The van der Waals surface area contributed by atoms with E-state index < -0.39 is 0 Å². The summed E-state index contributed by atoms with van der Waals surface area (Å²) in [6.45, 7) is 4.61. The average Bonchev–Trinajstić information content (AvgIpc) is 3.17. The molecule has 0 unspecified atom stereocenters. The number of anilines is 1. The minimum absolute atomic E-state index is 0.236. The van der Waals surface area contributed by atoms with Crippen LogP contribution >= 0.6 is 0 Å². The lowest BCUT2D eigenvalue weighted by atomic mass is 10.1. The first-order valence-corrected chi connectivity index (χ1v) is 10.3. The first kappa shape index (κ1) is 21.5. The van der Waals surface area contributed by atoms with Gasteiger partial charge >= 0.3 is 0 Å². The number of likely N-dealkylation sites (tertiary alicyclic amines) is 1. The standard InChI is InChI=1S/C23H30N4O3/c1-4-30-20-12-11-19(14-21(20)29-3)26-23(24-2)25-15-17-8-5-6-9-18(17)16-27-13-7-10-22(27)28/h5-6,8-9,11-12,14H,4,7,10,13,15-16H2,1-3H3,(H2,24,25,26). The van der Waals surface area contributed by atoms with Gasteiger partial charge in [0.2, 0.25) is 5.91 Å². The van der Waals surface area contributed by atoms with Crippen molar-refractivity contribution in [3.63, 3.8) is 0 Å². The molecule has 1 aliphatic rings. The van der Waals surface area contributed by atoms with Crippen LogP contribution < -0.4 is 20.1 Å². The van der Waals surface area contributed by atoms with Crippen LogP contribution in [0.4, 0.5) is 5.69 Å². The van der Waals surface area contributed by atoms with Crippen molar-refractivity contribution in [1.82, 2.24) is 10.2 Å². The number of amides is 1. The van der Waals surface area contributed by atoms with Crippen molar-refractivity contribution in [1.29, 1.82) is 0 Å². The van der Waals surface area contributed by atoms with Gasteiger partial charge in [-0.3, -0.25) is 9.79 Å². The maximum absolute atomic E-state index is 12.0. The van der Waals surface area contributed by atoms with Crippen LogP contribution in [0.25, 0.3) is 0 Å². The second-order valence-electron chi connectivity index (χ2n) is 7.04. The van der Waals surface area contributed by atoms with Gasteiger partial charge in [0, 0.05) is 44.9 Å². The monoisotopic (exact) mass is 410 g/mol. The molecule has 0 aromatic heterocycles. The van der Waals surface area contributed by atoms with Gasteiger partial charge in [-0.05, 0) is 36.6 Å². The lowest BCUT2D eigenvalue weighted by molar-refractivity contribution is -0.128. The molecule has 0 aliphatic carbocycles. The number of aliphatic imine (C=N–C) groups is 1. The fourth-order valence-corrected chi connectivity index (χ4v) is 3.48. The van der Waals surface area contributed by atoms with E-state index in [0.29, 0.717) is 43.6 Å². The summed E-state index contributed by atoms with van der Waals surface area (Å²) >= 11 is 0. The number of carbonyl (C=O) groups is 1. The molecule has 160 valence electrons. The third kappa shape index (κ3) is 5.43. The van der Waals surface area contributed by atoms with Gasteiger partial charge in [-0.15, -0.1) is 0 Å². The maximum atomic E-state index is 12.0. The van der Waals surface area contributed by atoms with Crippen LogP contribution in [0.3, 0.4) is 0 Å². The molecular formula is C23H30N4O3. The van der Waals surface area contributed by atoms with Gasteiger partial charge in [0.25, 0.3) is 0 Å². The van der Waals surface area contributed by atoms with Crippen molar-refractivity contribution in [2.75, 3.05) is 32.6 Å². The van der Waals surface area contributed by atoms with Crippen LogP contribution in [0.5, 0.6) is 11.5 Å². The fraction of sp³-hybridized carbons (Fsp3) is 0.391. The van der Waals surface area contributed by atoms with Crippen molar-refractivity contribution in [3.8, 4) is 11.5 Å². The zero-order chi connectivity index (χ0) is 21.3. The summed E-state index contributed by atoms with van der Waals surface area (Å²) in [5.41, 5.74) is 3.14. The highest BCUT2D eigenvalue weighted by Gasteiger charge is 2.20. The minimum atomic E-state index is 0.236. The molecule has 0 radical (unpaired) electrons. The zero-order valence-electron chi connectivity index (χ0n) is 17.9. The first-order valence-electron chi connectivity index (χ1n) is 10.3. The van der Waals surface area contributed by atoms with E-state index in [-0.39, 0.29) is 5.91 Å². The topological polar surface area (TPSA) is 75.2 Å². The van der Waals surface area contributed by atoms with E-state index >= 15 is 0 Å². The highest BCUT2D eigenvalue weighted by atomic mass is 16.5. The number of carbonyl (C=O) groups excluding carboxylic acids is 1. The molecule has 3 rings (SSSR count). The van der Waals surface area contributed by atoms with Gasteiger partial charge in [-0.2, -0.15) is 0 Å². The van der Waals surface area contributed by atoms with Crippen LogP contribution in [0.1, 0.15) is 30.9 Å². The number of nitrogens with one attached hydrogen (secondary N) is 2. The number of hydrogen-bond donors (Lipinski definition) is 2. The van der Waals surface area contributed by atoms with Gasteiger partial charge in [0.1, 0.15) is 0 Å². The Balaban J connectivity index is 1.64. The average molecular weight is 411 g/mol. The zero-order valence-corrected chi connectivity index (χ0v) is 17.9. The van der Waals surface area contributed by atoms with Gasteiger partial charge in [-0.25, -0.2) is 0 Å². The highest BCUT2D eigenvalue weighted by Crippen LogP contribution is 2.30. The summed E-state index contributed by atoms with van der Waals surface area (Å²) in [6.07, 6.45) is 1.60. The quantitative estimate of drug-likeness (QED) is 0.515. The van der Waals surface area contributed by atoms with Crippen molar-refractivity contribution in [3.05, 3.63) is 53.6 Å². The molecule has 1 amide bonds. The van der Waals surface area contributed by atoms with E-state index in [2.05, 4.69) is 27.8 Å². The number of nitrogens with zero attached hydrogens (tertiary/aromatic N) is 2. The summed E-state index contributed by atoms with van der Waals surface area (Å²) in [4.78, 5) is 18.2. The molecule has 2 aromatic rings. The summed E-state index contributed by atoms with van der Waals surface area (Å²) in [6, 6.07) is 13.9. The number of guanidine groups is 1. The van der Waals surface area contributed by atoms with Crippen LogP contribution in [0.2, 0.25) is 0 Å². The molecule has 1 saturated heterocycles. The summed E-state index contributed by atoms with van der Waals surface area (Å²) < 4.78 is 11.0. The number of methoxy groups -OCH3 is 1. The Labute approximate surface area is 178 Å². The molecule has 7 nitrogen and oxygen atoms in total. The molecule has 0 atom stereocenters. The van der Waals surface area contributed by atoms with E-state index in [1.165, 1.54) is 0 Å². The molecule has 30 heavy (non-hydrogen) atoms. The Hall–Kier alpha value is -3.22. The van der Waals surface area contributed by atoms with Gasteiger partial charge in [0.15, 0.2) is 17.5 Å². The van der Waals surface area contributed by atoms with E-state index in [4.69, 9.17) is 9.47 Å². The van der Waals surface area contributed by atoms with Gasteiger partial charge in [-0.1, -0.05) is 24.3 Å². The van der Waals surface area contributed by atoms with E-state index in [1.54, 1.807) is 14.2 Å². The number of ether oxygens (including phenoxy) is 2. The molecule has 1 fully saturated rings. The normalized spacial score (nSPS) is 14.0. The maximum Gasteiger partial charge on any atom is 0.222 e.